The number of anilines is 1. The van der Waals surface area contributed by atoms with Gasteiger partial charge in [0.2, 0.25) is 10.0 Å². The molecule has 192 valence electrons. The highest BCUT2D eigenvalue weighted by molar-refractivity contribution is 7.88. The van der Waals surface area contributed by atoms with Crippen molar-refractivity contribution in [2.24, 2.45) is 0 Å². The minimum absolute atomic E-state index is 0.0480. The summed E-state index contributed by atoms with van der Waals surface area (Å²) >= 11 is 0. The molecule has 0 radical (unpaired) electrons. The molecule has 1 saturated carbocycles. The molecule has 2 aromatic rings. The van der Waals surface area contributed by atoms with Gasteiger partial charge in [0.25, 0.3) is 5.56 Å². The molecule has 1 aromatic carbocycles. The predicted molar refractivity (Wildman–Crippen MR) is 141 cm³/mol. The predicted octanol–water partition coefficient (Wildman–Crippen LogP) is 3.27. The van der Waals surface area contributed by atoms with Crippen molar-refractivity contribution in [1.29, 1.82) is 0 Å². The molecule has 3 fully saturated rings. The maximum absolute atomic E-state index is 13.8. The second-order valence-corrected chi connectivity index (χ2v) is 12.5. The Morgan fingerprint density at radius 1 is 0.886 bits per heavy atom. The zero-order valence-electron chi connectivity index (χ0n) is 20.9. The number of piperidine rings is 1. The molecular weight excluding hydrogens is 462 g/mol. The van der Waals surface area contributed by atoms with Gasteiger partial charge in [0.1, 0.15) is 0 Å². The molecule has 2 aliphatic heterocycles. The number of benzene rings is 1. The molecule has 1 aliphatic carbocycles. The summed E-state index contributed by atoms with van der Waals surface area (Å²) in [5.41, 5.74) is 1.67. The Morgan fingerprint density at radius 3 is 2.29 bits per heavy atom. The summed E-state index contributed by atoms with van der Waals surface area (Å²) in [6.07, 6.45) is 13.2. The second kappa shape index (κ2) is 10.6. The molecule has 1 unspecified atom stereocenters. The lowest BCUT2D eigenvalue weighted by Gasteiger charge is -2.39. The van der Waals surface area contributed by atoms with E-state index in [2.05, 4.69) is 9.62 Å². The first-order chi connectivity index (χ1) is 16.9. The zero-order chi connectivity index (χ0) is 24.4. The van der Waals surface area contributed by atoms with E-state index in [1.807, 2.05) is 33.7 Å². The molecule has 1 aromatic heterocycles. The van der Waals surface area contributed by atoms with Gasteiger partial charge in [0.05, 0.1) is 17.3 Å². The van der Waals surface area contributed by atoms with Gasteiger partial charge in [0, 0.05) is 44.3 Å². The summed E-state index contributed by atoms with van der Waals surface area (Å²) in [7, 11) is -3.29. The number of sulfonamides is 1. The normalized spacial score (nSPS) is 24.0. The minimum atomic E-state index is -3.29. The summed E-state index contributed by atoms with van der Waals surface area (Å²) in [5.74, 6) is 0.448. The fourth-order valence-electron chi connectivity index (χ4n) is 6.37. The fourth-order valence-corrected chi connectivity index (χ4v) is 7.17. The third kappa shape index (κ3) is 5.73. The van der Waals surface area contributed by atoms with Crippen LogP contribution in [-0.4, -0.2) is 67.4 Å². The smallest absolute Gasteiger partial charge is 0.294 e. The maximum Gasteiger partial charge on any atom is 0.294 e. The van der Waals surface area contributed by atoms with Gasteiger partial charge < -0.3 is 14.4 Å². The van der Waals surface area contributed by atoms with E-state index < -0.39 is 10.0 Å². The SMILES string of the molecule is CS(=O)(=O)NC1CCN(c2nc3ccccc3n(C3CCN(C4CCCCCCC4)CC3)c2=O)C1. The van der Waals surface area contributed by atoms with Crippen molar-refractivity contribution in [2.45, 2.75) is 82.3 Å². The zero-order valence-corrected chi connectivity index (χ0v) is 21.7. The van der Waals surface area contributed by atoms with E-state index in [-0.39, 0.29) is 17.6 Å². The fraction of sp³-hybridized carbons (Fsp3) is 0.692. The Morgan fingerprint density at radius 2 is 1.57 bits per heavy atom. The van der Waals surface area contributed by atoms with Crippen LogP contribution in [-0.2, 0) is 10.0 Å². The van der Waals surface area contributed by atoms with Crippen LogP contribution in [0.2, 0.25) is 0 Å². The average molecular weight is 502 g/mol. The third-order valence-corrected chi connectivity index (χ3v) is 8.86. The molecule has 0 bridgehead atoms. The summed E-state index contributed by atoms with van der Waals surface area (Å²) in [5, 5.41) is 0. The number of hydrogen-bond donors (Lipinski definition) is 1. The van der Waals surface area contributed by atoms with E-state index in [1.54, 1.807) is 0 Å². The molecule has 3 aliphatic rings. The van der Waals surface area contributed by atoms with Gasteiger partial charge in [-0.3, -0.25) is 4.79 Å². The molecular formula is C26H39N5O3S. The Balaban J connectivity index is 1.37. The average Bonchev–Trinajstić information content (AvgIpc) is 3.25. The number of hydrogen-bond acceptors (Lipinski definition) is 6. The first-order valence-corrected chi connectivity index (χ1v) is 15.3. The molecule has 9 heteroatoms. The number of likely N-dealkylation sites (tertiary alicyclic amines) is 1. The van der Waals surface area contributed by atoms with E-state index >= 15 is 0 Å². The Labute approximate surface area is 208 Å². The first kappa shape index (κ1) is 24.7. The van der Waals surface area contributed by atoms with Crippen LogP contribution in [0.4, 0.5) is 5.82 Å². The van der Waals surface area contributed by atoms with Crippen LogP contribution in [0.15, 0.2) is 29.1 Å². The largest absolute Gasteiger partial charge is 0.350 e. The van der Waals surface area contributed by atoms with Crippen molar-refractivity contribution in [3.8, 4) is 0 Å². The highest BCUT2D eigenvalue weighted by Crippen LogP contribution is 2.30. The summed E-state index contributed by atoms with van der Waals surface area (Å²) in [6.45, 7) is 3.16. The van der Waals surface area contributed by atoms with Gasteiger partial charge in [-0.05, 0) is 44.2 Å². The standard InChI is InChI=1S/C26H39N5O3S/c1-35(33,34)28-20-13-16-30(19-20)25-26(32)31(24-12-8-7-11-23(24)27-25)22-14-17-29(18-15-22)21-9-5-3-2-4-6-10-21/h7-8,11-12,20-22,28H,2-6,9-10,13-19H2,1H3. The Hall–Kier alpha value is -1.97. The second-order valence-electron chi connectivity index (χ2n) is 10.7. The van der Waals surface area contributed by atoms with Crippen molar-refractivity contribution in [1.82, 2.24) is 19.2 Å². The van der Waals surface area contributed by atoms with Crippen molar-refractivity contribution < 1.29 is 8.42 Å². The molecule has 8 nitrogen and oxygen atoms in total. The lowest BCUT2D eigenvalue weighted by atomic mass is 9.93. The van der Waals surface area contributed by atoms with Crippen molar-refractivity contribution >= 4 is 26.9 Å². The van der Waals surface area contributed by atoms with Crippen LogP contribution in [0.1, 0.15) is 70.3 Å². The highest BCUT2D eigenvalue weighted by Gasteiger charge is 2.31. The first-order valence-electron chi connectivity index (χ1n) is 13.4. The van der Waals surface area contributed by atoms with Crippen LogP contribution in [0.5, 0.6) is 0 Å². The van der Waals surface area contributed by atoms with Crippen LogP contribution < -0.4 is 15.2 Å². The van der Waals surface area contributed by atoms with E-state index in [0.717, 1.165) is 37.0 Å². The molecule has 0 spiro atoms. The third-order valence-electron chi connectivity index (χ3n) is 8.10. The van der Waals surface area contributed by atoms with E-state index in [1.165, 1.54) is 51.2 Å². The quantitative estimate of drug-likeness (QED) is 0.677. The van der Waals surface area contributed by atoms with Gasteiger partial charge in [-0.25, -0.2) is 18.1 Å². The number of nitrogens with one attached hydrogen (secondary N) is 1. The number of aromatic nitrogens is 2. The van der Waals surface area contributed by atoms with Crippen molar-refractivity contribution in [3.05, 3.63) is 34.6 Å². The lowest BCUT2D eigenvalue weighted by molar-refractivity contribution is 0.116. The van der Waals surface area contributed by atoms with E-state index in [0.29, 0.717) is 31.4 Å². The summed E-state index contributed by atoms with van der Waals surface area (Å²) in [6, 6.07) is 8.58. The highest BCUT2D eigenvalue weighted by atomic mass is 32.2. The van der Waals surface area contributed by atoms with E-state index in [9.17, 15) is 13.2 Å². The number of nitrogens with zero attached hydrogens (tertiary/aromatic N) is 4. The van der Waals surface area contributed by atoms with Crippen LogP contribution >= 0.6 is 0 Å². The Kier molecular flexibility index (Phi) is 7.46. The molecule has 35 heavy (non-hydrogen) atoms. The Bertz CT molecular complexity index is 1180. The van der Waals surface area contributed by atoms with Gasteiger partial charge in [-0.1, -0.05) is 44.2 Å². The topological polar surface area (TPSA) is 87.5 Å². The number of rotatable bonds is 5. The van der Waals surface area contributed by atoms with E-state index in [4.69, 9.17) is 4.98 Å². The van der Waals surface area contributed by atoms with Crippen molar-refractivity contribution in [2.75, 3.05) is 37.3 Å². The van der Waals surface area contributed by atoms with Gasteiger partial charge in [-0.15, -0.1) is 0 Å². The molecule has 1 N–H and O–H groups in total. The number of fused-ring (bicyclic) bond motifs is 1. The molecule has 5 rings (SSSR count). The monoisotopic (exact) mass is 501 g/mol. The molecule has 1 atom stereocenters. The maximum atomic E-state index is 13.8. The van der Waals surface area contributed by atoms with Crippen LogP contribution in [0.3, 0.4) is 0 Å². The summed E-state index contributed by atoms with van der Waals surface area (Å²) < 4.78 is 28.1. The molecule has 0 amide bonds. The lowest BCUT2D eigenvalue weighted by Crippen LogP contribution is -2.44. The van der Waals surface area contributed by atoms with Gasteiger partial charge in [0.15, 0.2) is 5.82 Å². The molecule has 2 saturated heterocycles. The minimum Gasteiger partial charge on any atom is -0.350 e. The van der Waals surface area contributed by atoms with Gasteiger partial charge >= 0.3 is 0 Å². The van der Waals surface area contributed by atoms with Crippen molar-refractivity contribution in [3.63, 3.8) is 0 Å². The van der Waals surface area contributed by atoms with Gasteiger partial charge in [-0.2, -0.15) is 0 Å². The van der Waals surface area contributed by atoms with Crippen LogP contribution in [0.25, 0.3) is 11.0 Å². The van der Waals surface area contributed by atoms with Crippen LogP contribution in [0, 0.1) is 0 Å². The molecule has 3 heterocycles. The number of para-hydroxylation sites is 2. The summed E-state index contributed by atoms with van der Waals surface area (Å²) in [4.78, 5) is 23.2.